The van der Waals surface area contributed by atoms with E-state index in [-0.39, 0.29) is 0 Å². The maximum Gasteiger partial charge on any atom is 0.148 e. The molecule has 16 heavy (non-hydrogen) atoms. The van der Waals surface area contributed by atoms with Gasteiger partial charge in [0.25, 0.3) is 0 Å². The Morgan fingerprint density at radius 1 is 1.50 bits per heavy atom. The van der Waals surface area contributed by atoms with E-state index in [9.17, 15) is 0 Å². The third-order valence-corrected chi connectivity index (χ3v) is 3.68. The van der Waals surface area contributed by atoms with Gasteiger partial charge < -0.3 is 11.1 Å². The molecule has 0 saturated heterocycles. The van der Waals surface area contributed by atoms with Gasteiger partial charge in [-0.05, 0) is 25.2 Å². The van der Waals surface area contributed by atoms with Crippen molar-refractivity contribution in [3.8, 4) is 0 Å². The van der Waals surface area contributed by atoms with Crippen molar-refractivity contribution >= 4 is 11.5 Å². The zero-order valence-corrected chi connectivity index (χ0v) is 10.5. The van der Waals surface area contributed by atoms with Crippen molar-refractivity contribution in [3.63, 3.8) is 0 Å². The quantitative estimate of drug-likeness (QED) is 0.824. The first-order chi connectivity index (χ1) is 7.63. The van der Waals surface area contributed by atoms with E-state index >= 15 is 0 Å². The molecule has 0 spiro atoms. The Morgan fingerprint density at radius 2 is 2.25 bits per heavy atom. The standard InChI is InChI=1S/C12H22N4/c1-4-9-11(13)12(16(3)15-9)14-10-7-5-6-8(10)2/h8,10,14H,4-7,13H2,1-3H3. The summed E-state index contributed by atoms with van der Waals surface area (Å²) in [6.07, 6.45) is 4.77. The zero-order chi connectivity index (χ0) is 11.7. The van der Waals surface area contributed by atoms with Crippen LogP contribution in [0.5, 0.6) is 0 Å². The van der Waals surface area contributed by atoms with Crippen molar-refractivity contribution in [2.45, 2.75) is 45.6 Å². The summed E-state index contributed by atoms with van der Waals surface area (Å²) < 4.78 is 1.87. The molecule has 1 aromatic heterocycles. The minimum atomic E-state index is 0.558. The normalized spacial score (nSPS) is 24.9. The topological polar surface area (TPSA) is 55.9 Å². The number of nitrogens with zero attached hydrogens (tertiary/aromatic N) is 2. The monoisotopic (exact) mass is 222 g/mol. The summed E-state index contributed by atoms with van der Waals surface area (Å²) in [5.74, 6) is 1.73. The van der Waals surface area contributed by atoms with E-state index in [1.54, 1.807) is 0 Å². The van der Waals surface area contributed by atoms with Gasteiger partial charge in [0.15, 0.2) is 0 Å². The molecule has 1 aromatic rings. The molecule has 2 unspecified atom stereocenters. The Bertz CT molecular complexity index is 369. The summed E-state index contributed by atoms with van der Waals surface area (Å²) in [5.41, 5.74) is 7.91. The van der Waals surface area contributed by atoms with Gasteiger partial charge in [0.1, 0.15) is 5.82 Å². The molecule has 1 aliphatic rings. The van der Waals surface area contributed by atoms with Gasteiger partial charge in [-0.1, -0.05) is 20.3 Å². The molecule has 0 radical (unpaired) electrons. The highest BCUT2D eigenvalue weighted by molar-refractivity contribution is 5.65. The van der Waals surface area contributed by atoms with Crippen LogP contribution < -0.4 is 11.1 Å². The van der Waals surface area contributed by atoms with Crippen LogP contribution in [0.3, 0.4) is 0 Å². The van der Waals surface area contributed by atoms with Gasteiger partial charge in [-0.15, -0.1) is 0 Å². The first-order valence-corrected chi connectivity index (χ1v) is 6.21. The molecule has 1 saturated carbocycles. The number of aryl methyl sites for hydroxylation is 2. The highest BCUT2D eigenvalue weighted by Crippen LogP contribution is 2.30. The van der Waals surface area contributed by atoms with Gasteiger partial charge in [0.2, 0.25) is 0 Å². The minimum Gasteiger partial charge on any atom is -0.394 e. The van der Waals surface area contributed by atoms with Crippen molar-refractivity contribution in [3.05, 3.63) is 5.69 Å². The second-order valence-corrected chi connectivity index (χ2v) is 4.85. The molecule has 3 N–H and O–H groups in total. The molecule has 2 atom stereocenters. The molecule has 0 amide bonds. The van der Waals surface area contributed by atoms with E-state index < -0.39 is 0 Å². The summed E-state index contributed by atoms with van der Waals surface area (Å²) in [6.45, 7) is 4.39. The lowest BCUT2D eigenvalue weighted by Crippen LogP contribution is -2.23. The molecule has 1 heterocycles. The molecular weight excluding hydrogens is 200 g/mol. The summed E-state index contributed by atoms with van der Waals surface area (Å²) in [6, 6.07) is 0.558. The smallest absolute Gasteiger partial charge is 0.148 e. The predicted molar refractivity (Wildman–Crippen MR) is 67.4 cm³/mol. The Morgan fingerprint density at radius 3 is 2.75 bits per heavy atom. The van der Waals surface area contributed by atoms with Crippen LogP contribution in [0.15, 0.2) is 0 Å². The third-order valence-electron chi connectivity index (χ3n) is 3.68. The van der Waals surface area contributed by atoms with Gasteiger partial charge in [-0.3, -0.25) is 4.68 Å². The van der Waals surface area contributed by atoms with Gasteiger partial charge >= 0.3 is 0 Å². The van der Waals surface area contributed by atoms with Crippen LogP contribution in [0.2, 0.25) is 0 Å². The molecule has 0 bridgehead atoms. The zero-order valence-electron chi connectivity index (χ0n) is 10.5. The highest BCUT2D eigenvalue weighted by atomic mass is 15.3. The van der Waals surface area contributed by atoms with Crippen LogP contribution in [0.25, 0.3) is 0 Å². The van der Waals surface area contributed by atoms with Crippen molar-refractivity contribution in [2.75, 3.05) is 11.1 Å². The van der Waals surface area contributed by atoms with E-state index in [0.29, 0.717) is 6.04 Å². The van der Waals surface area contributed by atoms with Gasteiger partial charge in [-0.2, -0.15) is 5.10 Å². The molecule has 1 fully saturated rings. The Balaban J connectivity index is 2.17. The number of hydrogen-bond acceptors (Lipinski definition) is 3. The number of anilines is 2. The lowest BCUT2D eigenvalue weighted by atomic mass is 10.1. The maximum absolute atomic E-state index is 6.09. The van der Waals surface area contributed by atoms with E-state index in [4.69, 9.17) is 5.73 Å². The van der Waals surface area contributed by atoms with Crippen molar-refractivity contribution in [2.24, 2.45) is 13.0 Å². The van der Waals surface area contributed by atoms with Crippen LogP contribution in [0.4, 0.5) is 11.5 Å². The fourth-order valence-corrected chi connectivity index (χ4v) is 2.56. The largest absolute Gasteiger partial charge is 0.394 e. The maximum atomic E-state index is 6.09. The van der Waals surface area contributed by atoms with Crippen LogP contribution in [0.1, 0.15) is 38.8 Å². The van der Waals surface area contributed by atoms with Crippen LogP contribution in [-0.2, 0) is 13.5 Å². The molecule has 0 aliphatic heterocycles. The van der Waals surface area contributed by atoms with Crippen LogP contribution >= 0.6 is 0 Å². The van der Waals surface area contributed by atoms with Gasteiger partial charge in [-0.25, -0.2) is 0 Å². The average molecular weight is 222 g/mol. The number of nitrogens with two attached hydrogens (primary N) is 1. The van der Waals surface area contributed by atoms with Crippen molar-refractivity contribution in [1.29, 1.82) is 0 Å². The van der Waals surface area contributed by atoms with Gasteiger partial charge in [0.05, 0.1) is 11.4 Å². The minimum absolute atomic E-state index is 0.558. The summed E-state index contributed by atoms with van der Waals surface area (Å²) in [7, 11) is 1.96. The molecule has 90 valence electrons. The molecule has 2 rings (SSSR count). The molecular formula is C12H22N4. The Labute approximate surface area is 97.2 Å². The number of aromatic nitrogens is 2. The van der Waals surface area contributed by atoms with Crippen molar-refractivity contribution in [1.82, 2.24) is 9.78 Å². The average Bonchev–Trinajstić information content (AvgIpc) is 2.77. The number of nitrogens with one attached hydrogen (secondary N) is 1. The second kappa shape index (κ2) is 4.36. The number of rotatable bonds is 3. The summed E-state index contributed by atoms with van der Waals surface area (Å²) in [4.78, 5) is 0. The summed E-state index contributed by atoms with van der Waals surface area (Å²) >= 11 is 0. The number of hydrogen-bond donors (Lipinski definition) is 2. The third kappa shape index (κ3) is 1.88. The fourth-order valence-electron chi connectivity index (χ4n) is 2.56. The SMILES string of the molecule is CCc1nn(C)c(NC2CCCC2C)c1N. The highest BCUT2D eigenvalue weighted by Gasteiger charge is 2.25. The molecule has 1 aliphatic carbocycles. The van der Waals surface area contributed by atoms with E-state index in [1.165, 1.54) is 19.3 Å². The fraction of sp³-hybridized carbons (Fsp3) is 0.750. The molecule has 0 aromatic carbocycles. The molecule has 4 nitrogen and oxygen atoms in total. The molecule has 4 heteroatoms. The van der Waals surface area contributed by atoms with Gasteiger partial charge in [0, 0.05) is 13.1 Å². The Kier molecular flexibility index (Phi) is 3.08. The van der Waals surface area contributed by atoms with E-state index in [1.807, 2.05) is 11.7 Å². The second-order valence-electron chi connectivity index (χ2n) is 4.85. The Hall–Kier alpha value is -1.19. The summed E-state index contributed by atoms with van der Waals surface area (Å²) in [5, 5.41) is 7.98. The van der Waals surface area contributed by atoms with E-state index in [0.717, 1.165) is 29.5 Å². The first kappa shape index (κ1) is 11.3. The first-order valence-electron chi connectivity index (χ1n) is 6.21. The van der Waals surface area contributed by atoms with Crippen molar-refractivity contribution < 1.29 is 0 Å². The van der Waals surface area contributed by atoms with Crippen LogP contribution in [0, 0.1) is 5.92 Å². The van der Waals surface area contributed by atoms with Crippen LogP contribution in [-0.4, -0.2) is 15.8 Å². The number of nitrogen functional groups attached to an aromatic ring is 1. The lowest BCUT2D eigenvalue weighted by Gasteiger charge is -2.19. The van der Waals surface area contributed by atoms with E-state index in [2.05, 4.69) is 24.3 Å². The predicted octanol–water partition coefficient (Wildman–Crippen LogP) is 2.17. The lowest BCUT2D eigenvalue weighted by molar-refractivity contribution is 0.551.